The number of aromatic nitrogens is 1. The molecule has 6 nitrogen and oxygen atoms in total. The van der Waals surface area contributed by atoms with Gasteiger partial charge in [0.2, 0.25) is 0 Å². The minimum Gasteiger partial charge on any atom is -0.494 e. The first-order valence-corrected chi connectivity index (χ1v) is 12.0. The van der Waals surface area contributed by atoms with Crippen molar-refractivity contribution in [2.45, 2.75) is 13.3 Å². The Hall–Kier alpha value is -3.13. The van der Waals surface area contributed by atoms with Gasteiger partial charge in [0.15, 0.2) is 5.13 Å². The van der Waals surface area contributed by atoms with Crippen LogP contribution in [0.2, 0.25) is 0 Å². The monoisotopic (exact) mass is 511 g/mol. The van der Waals surface area contributed by atoms with Crippen LogP contribution in [0.1, 0.15) is 22.3 Å². The SMILES string of the molecule is COc1ccc(C)c2sc(N(CCCN(C)C)C(=O)c3cccc(Oc4ccccc4)c3)nc12.Cl. The molecule has 1 heterocycles. The van der Waals surface area contributed by atoms with Crippen LogP contribution in [-0.4, -0.2) is 50.1 Å². The summed E-state index contributed by atoms with van der Waals surface area (Å²) in [5.74, 6) is 1.95. The number of aryl methyl sites for hydroxylation is 1. The molecule has 184 valence electrons. The van der Waals surface area contributed by atoms with E-state index in [0.717, 1.165) is 34.5 Å². The van der Waals surface area contributed by atoms with E-state index in [2.05, 4.69) is 4.90 Å². The standard InChI is InChI=1S/C27H29N3O3S.ClH/c1-19-14-15-23(32-4)24-25(19)34-27(28-24)30(17-9-16-29(2)3)26(31)20-10-8-13-22(18-20)33-21-11-6-5-7-12-21;/h5-8,10-15,18H,9,16-17H2,1-4H3;1H. The Kier molecular flexibility index (Phi) is 9.09. The predicted molar refractivity (Wildman–Crippen MR) is 146 cm³/mol. The molecule has 8 heteroatoms. The van der Waals surface area contributed by atoms with Gasteiger partial charge in [-0.05, 0) is 75.9 Å². The molecular formula is C27H30ClN3O3S. The van der Waals surface area contributed by atoms with Crippen LogP contribution in [0.5, 0.6) is 17.2 Å². The Morgan fingerprint density at radius 3 is 2.43 bits per heavy atom. The quantitative estimate of drug-likeness (QED) is 0.259. The van der Waals surface area contributed by atoms with Crippen molar-refractivity contribution in [3.63, 3.8) is 0 Å². The van der Waals surface area contributed by atoms with Crippen LogP contribution in [-0.2, 0) is 0 Å². The number of fused-ring (bicyclic) bond motifs is 1. The number of methoxy groups -OCH3 is 1. The topological polar surface area (TPSA) is 54.9 Å². The molecule has 35 heavy (non-hydrogen) atoms. The molecular weight excluding hydrogens is 482 g/mol. The van der Waals surface area contributed by atoms with Crippen molar-refractivity contribution in [1.29, 1.82) is 0 Å². The number of halogens is 1. The first-order chi connectivity index (χ1) is 16.5. The third-order valence-electron chi connectivity index (χ3n) is 5.44. The maximum atomic E-state index is 13.7. The maximum Gasteiger partial charge on any atom is 0.260 e. The summed E-state index contributed by atoms with van der Waals surface area (Å²) in [4.78, 5) is 22.5. The van der Waals surface area contributed by atoms with Crippen molar-refractivity contribution in [3.8, 4) is 17.2 Å². The van der Waals surface area contributed by atoms with Crippen molar-refractivity contribution in [3.05, 3.63) is 77.9 Å². The van der Waals surface area contributed by atoms with E-state index in [1.807, 2.05) is 81.7 Å². The number of amides is 1. The van der Waals surface area contributed by atoms with E-state index in [-0.39, 0.29) is 18.3 Å². The second-order valence-electron chi connectivity index (χ2n) is 8.32. The number of thiazole rings is 1. The van der Waals surface area contributed by atoms with E-state index in [0.29, 0.717) is 28.7 Å². The summed E-state index contributed by atoms with van der Waals surface area (Å²) in [7, 11) is 5.70. The van der Waals surface area contributed by atoms with E-state index in [1.54, 1.807) is 18.1 Å². The molecule has 0 radical (unpaired) electrons. The zero-order chi connectivity index (χ0) is 24.1. The summed E-state index contributed by atoms with van der Waals surface area (Å²) < 4.78 is 12.5. The van der Waals surface area contributed by atoms with Gasteiger partial charge in [-0.3, -0.25) is 9.69 Å². The highest BCUT2D eigenvalue weighted by Gasteiger charge is 2.23. The first kappa shape index (κ1) is 26.5. The minimum absolute atomic E-state index is 0. The molecule has 4 rings (SSSR count). The van der Waals surface area contributed by atoms with Crippen LogP contribution in [0.25, 0.3) is 10.2 Å². The molecule has 0 fully saturated rings. The number of carbonyl (C=O) groups is 1. The van der Waals surface area contributed by atoms with Gasteiger partial charge in [-0.15, -0.1) is 12.4 Å². The van der Waals surface area contributed by atoms with Crippen LogP contribution in [0.15, 0.2) is 66.7 Å². The number of hydrogen-bond donors (Lipinski definition) is 0. The van der Waals surface area contributed by atoms with Crippen LogP contribution in [0, 0.1) is 6.92 Å². The van der Waals surface area contributed by atoms with Gasteiger partial charge in [0, 0.05) is 12.1 Å². The van der Waals surface area contributed by atoms with Crippen molar-refractivity contribution in [2.75, 3.05) is 39.2 Å². The highest BCUT2D eigenvalue weighted by atomic mass is 35.5. The molecule has 0 aliphatic heterocycles. The van der Waals surface area contributed by atoms with Gasteiger partial charge in [0.25, 0.3) is 5.91 Å². The lowest BCUT2D eigenvalue weighted by atomic mass is 10.2. The summed E-state index contributed by atoms with van der Waals surface area (Å²) in [6.45, 7) is 3.47. The second kappa shape index (κ2) is 12.0. The van der Waals surface area contributed by atoms with Gasteiger partial charge in [0.05, 0.1) is 11.8 Å². The lowest BCUT2D eigenvalue weighted by molar-refractivity contribution is 0.0985. The number of nitrogens with zero attached hydrogens (tertiary/aromatic N) is 3. The van der Waals surface area contributed by atoms with Crippen molar-refractivity contribution >= 4 is 45.0 Å². The molecule has 0 saturated carbocycles. The average molecular weight is 512 g/mol. The van der Waals surface area contributed by atoms with Crippen LogP contribution >= 0.6 is 23.7 Å². The number of benzene rings is 3. The summed E-state index contributed by atoms with van der Waals surface area (Å²) in [5.41, 5.74) is 2.45. The second-order valence-corrected chi connectivity index (χ2v) is 9.29. The fraction of sp³-hybridized carbons (Fsp3) is 0.259. The average Bonchev–Trinajstić information content (AvgIpc) is 3.28. The number of anilines is 1. The number of carbonyl (C=O) groups excluding carboxylic acids is 1. The van der Waals surface area contributed by atoms with Gasteiger partial charge in [-0.1, -0.05) is 41.7 Å². The van der Waals surface area contributed by atoms with Gasteiger partial charge in [-0.25, -0.2) is 4.98 Å². The normalized spacial score (nSPS) is 10.8. The summed E-state index contributed by atoms with van der Waals surface area (Å²) in [6.07, 6.45) is 0.824. The summed E-state index contributed by atoms with van der Waals surface area (Å²) in [6, 6.07) is 20.8. The molecule has 4 aromatic rings. The Balaban J connectivity index is 0.00000342. The maximum absolute atomic E-state index is 13.7. The zero-order valence-corrected chi connectivity index (χ0v) is 22.0. The Morgan fingerprint density at radius 2 is 1.71 bits per heavy atom. The summed E-state index contributed by atoms with van der Waals surface area (Å²) >= 11 is 1.52. The molecule has 3 aromatic carbocycles. The van der Waals surface area contributed by atoms with Gasteiger partial charge in [-0.2, -0.15) is 0 Å². The minimum atomic E-state index is -0.104. The van der Waals surface area contributed by atoms with E-state index in [4.69, 9.17) is 14.5 Å². The molecule has 0 unspecified atom stereocenters. The van der Waals surface area contributed by atoms with E-state index in [9.17, 15) is 4.79 Å². The smallest absolute Gasteiger partial charge is 0.260 e. The van der Waals surface area contributed by atoms with Crippen LogP contribution in [0.4, 0.5) is 5.13 Å². The lowest BCUT2D eigenvalue weighted by Gasteiger charge is -2.21. The third kappa shape index (κ3) is 6.31. The Morgan fingerprint density at radius 1 is 0.971 bits per heavy atom. The molecule has 0 saturated heterocycles. The molecule has 0 atom stereocenters. The Labute approximate surface area is 216 Å². The molecule has 0 aliphatic rings. The largest absolute Gasteiger partial charge is 0.494 e. The predicted octanol–water partition coefficient (Wildman–Crippen LogP) is 6.43. The molecule has 1 amide bonds. The zero-order valence-electron chi connectivity index (χ0n) is 20.4. The first-order valence-electron chi connectivity index (χ1n) is 11.2. The van der Waals surface area contributed by atoms with Crippen molar-refractivity contribution in [2.24, 2.45) is 0 Å². The van der Waals surface area contributed by atoms with E-state index < -0.39 is 0 Å². The van der Waals surface area contributed by atoms with Crippen LogP contribution in [0.3, 0.4) is 0 Å². The molecule has 0 aliphatic carbocycles. The van der Waals surface area contributed by atoms with E-state index in [1.165, 1.54) is 11.3 Å². The van der Waals surface area contributed by atoms with Crippen LogP contribution < -0.4 is 14.4 Å². The molecule has 1 aromatic heterocycles. The molecule has 0 N–H and O–H groups in total. The number of ether oxygens (including phenoxy) is 2. The fourth-order valence-corrected chi connectivity index (χ4v) is 4.76. The number of hydrogen-bond acceptors (Lipinski definition) is 6. The lowest BCUT2D eigenvalue weighted by Crippen LogP contribution is -2.33. The highest BCUT2D eigenvalue weighted by Crippen LogP contribution is 2.37. The van der Waals surface area contributed by atoms with Gasteiger partial charge in [0.1, 0.15) is 22.8 Å². The van der Waals surface area contributed by atoms with Crippen molar-refractivity contribution < 1.29 is 14.3 Å². The Bertz CT molecular complexity index is 1280. The van der Waals surface area contributed by atoms with Gasteiger partial charge < -0.3 is 14.4 Å². The molecule has 0 bridgehead atoms. The fourth-order valence-electron chi connectivity index (χ4n) is 3.68. The highest BCUT2D eigenvalue weighted by molar-refractivity contribution is 7.22. The third-order valence-corrected chi connectivity index (χ3v) is 6.65. The number of para-hydroxylation sites is 1. The van der Waals surface area contributed by atoms with Crippen molar-refractivity contribution in [1.82, 2.24) is 9.88 Å². The van der Waals surface area contributed by atoms with E-state index >= 15 is 0 Å². The number of rotatable bonds is 9. The molecule has 0 spiro atoms. The van der Waals surface area contributed by atoms with Gasteiger partial charge >= 0.3 is 0 Å². The summed E-state index contributed by atoms with van der Waals surface area (Å²) in [5, 5.41) is 0.667.